The SMILES string of the molecule is CCNc1ncc2c(n1)N(CC)CC(Br)=C2. The highest BCUT2D eigenvalue weighted by molar-refractivity contribution is 9.11. The van der Waals surface area contributed by atoms with Crippen molar-refractivity contribution >= 4 is 33.8 Å². The number of halogens is 1. The highest BCUT2D eigenvalue weighted by Crippen LogP contribution is 2.28. The van der Waals surface area contributed by atoms with Gasteiger partial charge in [-0.05, 0) is 19.9 Å². The van der Waals surface area contributed by atoms with E-state index < -0.39 is 0 Å². The van der Waals surface area contributed by atoms with Gasteiger partial charge in [0, 0.05) is 29.3 Å². The van der Waals surface area contributed by atoms with E-state index in [1.165, 1.54) is 4.48 Å². The van der Waals surface area contributed by atoms with Crippen molar-refractivity contribution in [2.24, 2.45) is 0 Å². The molecular formula is C11H15BrN4. The highest BCUT2D eigenvalue weighted by Gasteiger charge is 2.17. The predicted octanol–water partition coefficient (Wildman–Crippen LogP) is 2.48. The Bertz CT molecular complexity index is 416. The van der Waals surface area contributed by atoms with Gasteiger partial charge in [0.1, 0.15) is 5.82 Å². The zero-order valence-corrected chi connectivity index (χ0v) is 11.1. The lowest BCUT2D eigenvalue weighted by atomic mass is 10.2. The van der Waals surface area contributed by atoms with Gasteiger partial charge in [-0.2, -0.15) is 4.98 Å². The van der Waals surface area contributed by atoms with Crippen molar-refractivity contribution in [2.45, 2.75) is 13.8 Å². The topological polar surface area (TPSA) is 41.1 Å². The number of fused-ring (bicyclic) bond motifs is 1. The Labute approximate surface area is 104 Å². The summed E-state index contributed by atoms with van der Waals surface area (Å²) in [6.45, 7) is 6.83. The van der Waals surface area contributed by atoms with Crippen LogP contribution in [0.2, 0.25) is 0 Å². The molecule has 0 amide bonds. The molecule has 1 aromatic rings. The highest BCUT2D eigenvalue weighted by atomic mass is 79.9. The molecule has 1 aliphatic heterocycles. The van der Waals surface area contributed by atoms with Crippen LogP contribution in [0.3, 0.4) is 0 Å². The van der Waals surface area contributed by atoms with Crippen molar-refractivity contribution in [2.75, 3.05) is 29.9 Å². The van der Waals surface area contributed by atoms with Gasteiger partial charge in [-0.15, -0.1) is 0 Å². The molecule has 2 heterocycles. The molecule has 0 unspecified atom stereocenters. The second-order valence-electron chi connectivity index (χ2n) is 3.61. The van der Waals surface area contributed by atoms with E-state index in [9.17, 15) is 0 Å². The third-order valence-corrected chi connectivity index (χ3v) is 2.95. The van der Waals surface area contributed by atoms with Gasteiger partial charge in [0.2, 0.25) is 5.95 Å². The van der Waals surface area contributed by atoms with Gasteiger partial charge in [0.15, 0.2) is 0 Å². The summed E-state index contributed by atoms with van der Waals surface area (Å²) in [6, 6.07) is 0. The smallest absolute Gasteiger partial charge is 0.224 e. The minimum absolute atomic E-state index is 0.700. The summed E-state index contributed by atoms with van der Waals surface area (Å²) in [5.41, 5.74) is 1.07. The van der Waals surface area contributed by atoms with Gasteiger partial charge in [-0.1, -0.05) is 15.9 Å². The number of nitrogens with one attached hydrogen (secondary N) is 1. The van der Waals surface area contributed by atoms with E-state index in [0.29, 0.717) is 5.95 Å². The monoisotopic (exact) mass is 282 g/mol. The summed E-state index contributed by atoms with van der Waals surface area (Å²) in [7, 11) is 0. The van der Waals surface area contributed by atoms with Crippen molar-refractivity contribution in [3.05, 3.63) is 16.2 Å². The molecule has 1 aromatic heterocycles. The molecule has 2 rings (SSSR count). The van der Waals surface area contributed by atoms with Crippen molar-refractivity contribution < 1.29 is 0 Å². The number of hydrogen-bond acceptors (Lipinski definition) is 4. The van der Waals surface area contributed by atoms with E-state index in [0.717, 1.165) is 31.0 Å². The van der Waals surface area contributed by atoms with Crippen molar-refractivity contribution in [1.29, 1.82) is 0 Å². The zero-order chi connectivity index (χ0) is 11.5. The molecular weight excluding hydrogens is 268 g/mol. The lowest BCUT2D eigenvalue weighted by molar-refractivity contribution is 0.863. The first-order valence-corrected chi connectivity index (χ1v) is 6.25. The van der Waals surface area contributed by atoms with E-state index in [1.54, 1.807) is 0 Å². The second kappa shape index (κ2) is 4.82. The fourth-order valence-electron chi connectivity index (χ4n) is 1.71. The van der Waals surface area contributed by atoms with Crippen LogP contribution < -0.4 is 10.2 Å². The van der Waals surface area contributed by atoms with Crippen LogP contribution in [0.15, 0.2) is 10.7 Å². The van der Waals surface area contributed by atoms with Crippen LogP contribution in [0.1, 0.15) is 19.4 Å². The van der Waals surface area contributed by atoms with E-state index in [2.05, 4.69) is 49.1 Å². The predicted molar refractivity (Wildman–Crippen MR) is 71.0 cm³/mol. The van der Waals surface area contributed by atoms with Gasteiger partial charge < -0.3 is 10.2 Å². The Balaban J connectivity index is 2.39. The third kappa shape index (κ3) is 2.19. The van der Waals surface area contributed by atoms with E-state index >= 15 is 0 Å². The van der Waals surface area contributed by atoms with Gasteiger partial charge in [0.05, 0.1) is 6.54 Å². The summed E-state index contributed by atoms with van der Waals surface area (Å²) in [5.74, 6) is 1.71. The molecule has 0 aliphatic carbocycles. The molecule has 0 bridgehead atoms. The summed E-state index contributed by atoms with van der Waals surface area (Å²) in [5, 5.41) is 3.13. The Morgan fingerprint density at radius 3 is 3.00 bits per heavy atom. The lowest BCUT2D eigenvalue weighted by Crippen LogP contribution is -2.28. The third-order valence-electron chi connectivity index (χ3n) is 2.47. The van der Waals surface area contributed by atoms with Gasteiger partial charge in [-0.25, -0.2) is 4.98 Å². The maximum atomic E-state index is 4.53. The summed E-state index contributed by atoms with van der Waals surface area (Å²) in [6.07, 6.45) is 3.95. The normalized spacial score (nSPS) is 14.4. The van der Waals surface area contributed by atoms with Crippen LogP contribution >= 0.6 is 15.9 Å². The van der Waals surface area contributed by atoms with Crippen LogP contribution in [0.25, 0.3) is 6.08 Å². The molecule has 0 saturated heterocycles. The van der Waals surface area contributed by atoms with Crippen LogP contribution in [0.4, 0.5) is 11.8 Å². The maximum absolute atomic E-state index is 4.53. The first-order chi connectivity index (χ1) is 7.74. The maximum Gasteiger partial charge on any atom is 0.224 e. The molecule has 1 aliphatic rings. The largest absolute Gasteiger partial charge is 0.354 e. The van der Waals surface area contributed by atoms with Crippen molar-refractivity contribution in [3.8, 4) is 0 Å². The van der Waals surface area contributed by atoms with E-state index in [4.69, 9.17) is 0 Å². The van der Waals surface area contributed by atoms with E-state index in [-0.39, 0.29) is 0 Å². The van der Waals surface area contributed by atoms with E-state index in [1.807, 2.05) is 13.1 Å². The molecule has 0 atom stereocenters. The molecule has 86 valence electrons. The van der Waals surface area contributed by atoms with Crippen LogP contribution in [0.5, 0.6) is 0 Å². The molecule has 1 N–H and O–H groups in total. The fraction of sp³-hybridized carbons (Fsp3) is 0.455. The van der Waals surface area contributed by atoms with Gasteiger partial charge >= 0.3 is 0 Å². The molecule has 0 saturated carbocycles. The Morgan fingerprint density at radius 2 is 2.31 bits per heavy atom. The fourth-order valence-corrected chi connectivity index (χ4v) is 2.26. The average Bonchev–Trinajstić information content (AvgIpc) is 2.29. The molecule has 0 radical (unpaired) electrons. The summed E-state index contributed by atoms with van der Waals surface area (Å²) < 4.78 is 1.17. The zero-order valence-electron chi connectivity index (χ0n) is 9.50. The summed E-state index contributed by atoms with van der Waals surface area (Å²) in [4.78, 5) is 11.0. The number of rotatable bonds is 3. The quantitative estimate of drug-likeness (QED) is 0.925. The van der Waals surface area contributed by atoms with Gasteiger partial charge in [-0.3, -0.25) is 0 Å². The first kappa shape index (κ1) is 11.4. The number of nitrogens with zero attached hydrogens (tertiary/aromatic N) is 3. The molecule has 16 heavy (non-hydrogen) atoms. The second-order valence-corrected chi connectivity index (χ2v) is 4.63. The van der Waals surface area contributed by atoms with Crippen molar-refractivity contribution in [3.63, 3.8) is 0 Å². The first-order valence-electron chi connectivity index (χ1n) is 5.46. The molecule has 4 nitrogen and oxygen atoms in total. The van der Waals surface area contributed by atoms with Crippen LogP contribution in [-0.4, -0.2) is 29.6 Å². The average molecular weight is 283 g/mol. The lowest BCUT2D eigenvalue weighted by Gasteiger charge is -2.27. The minimum atomic E-state index is 0.700. The Morgan fingerprint density at radius 1 is 1.50 bits per heavy atom. The molecule has 0 spiro atoms. The molecule has 0 aromatic carbocycles. The Kier molecular flexibility index (Phi) is 3.43. The van der Waals surface area contributed by atoms with Gasteiger partial charge in [0.25, 0.3) is 0 Å². The Hall–Kier alpha value is -1.10. The number of aromatic nitrogens is 2. The number of hydrogen-bond donors (Lipinski definition) is 1. The standard InChI is InChI=1S/C11H15BrN4/c1-3-13-11-14-6-8-5-9(12)7-16(4-2)10(8)15-11/h5-6H,3-4,7H2,1-2H3,(H,13,14,15). The molecule has 5 heteroatoms. The van der Waals surface area contributed by atoms with Crippen LogP contribution in [-0.2, 0) is 0 Å². The van der Waals surface area contributed by atoms with Crippen molar-refractivity contribution in [1.82, 2.24) is 9.97 Å². The number of anilines is 2. The summed E-state index contributed by atoms with van der Waals surface area (Å²) >= 11 is 3.54. The van der Waals surface area contributed by atoms with Crippen LogP contribution in [0, 0.1) is 0 Å². The molecule has 0 fully saturated rings. The minimum Gasteiger partial charge on any atom is -0.354 e. The number of likely N-dealkylation sites (N-methyl/N-ethyl adjacent to an activating group) is 1.